The minimum atomic E-state index is -0.0221. The highest BCUT2D eigenvalue weighted by molar-refractivity contribution is 4.95. The van der Waals surface area contributed by atoms with Gasteiger partial charge in [0, 0.05) is 19.6 Å². The second kappa shape index (κ2) is 6.38. The number of likely N-dealkylation sites (tertiary alicyclic amines) is 1. The van der Waals surface area contributed by atoms with Gasteiger partial charge in [0.2, 0.25) is 0 Å². The number of hydrogen-bond acceptors (Lipinski definition) is 2. The van der Waals surface area contributed by atoms with Crippen molar-refractivity contribution in [3.63, 3.8) is 0 Å². The van der Waals surface area contributed by atoms with Gasteiger partial charge in [0.15, 0.2) is 0 Å². The highest BCUT2D eigenvalue weighted by Crippen LogP contribution is 2.40. The molecule has 0 radical (unpaired) electrons. The lowest BCUT2D eigenvalue weighted by molar-refractivity contribution is -0.0460. The zero-order chi connectivity index (χ0) is 13.0. The maximum Gasteiger partial charge on any atom is 0.0580 e. The van der Waals surface area contributed by atoms with Crippen LogP contribution in [0.2, 0.25) is 0 Å². The molecule has 2 unspecified atom stereocenters. The van der Waals surface area contributed by atoms with Crippen LogP contribution in [0.25, 0.3) is 0 Å². The first-order valence-electron chi connectivity index (χ1n) is 8.09. The molecule has 1 saturated heterocycles. The van der Waals surface area contributed by atoms with Crippen molar-refractivity contribution in [2.24, 2.45) is 11.3 Å². The summed E-state index contributed by atoms with van der Waals surface area (Å²) in [6.45, 7) is 8.35. The van der Waals surface area contributed by atoms with E-state index in [9.17, 15) is 5.11 Å². The topological polar surface area (TPSA) is 23.5 Å². The van der Waals surface area contributed by atoms with Crippen LogP contribution in [0.5, 0.6) is 0 Å². The molecule has 2 fully saturated rings. The van der Waals surface area contributed by atoms with Crippen molar-refractivity contribution >= 4 is 0 Å². The molecule has 2 atom stereocenters. The number of aliphatic hydroxyl groups excluding tert-OH is 1. The molecule has 2 heteroatoms. The molecule has 1 heterocycles. The van der Waals surface area contributed by atoms with Gasteiger partial charge in [-0.05, 0) is 37.0 Å². The lowest BCUT2D eigenvalue weighted by Crippen LogP contribution is -2.58. The quantitative estimate of drug-likeness (QED) is 0.784. The van der Waals surface area contributed by atoms with E-state index in [1.165, 1.54) is 58.0 Å². The summed E-state index contributed by atoms with van der Waals surface area (Å²) in [6.07, 6.45) is 10.2. The third-order valence-corrected chi connectivity index (χ3v) is 5.04. The van der Waals surface area contributed by atoms with E-state index in [0.717, 1.165) is 13.0 Å². The summed E-state index contributed by atoms with van der Waals surface area (Å²) in [7, 11) is 0. The summed E-state index contributed by atoms with van der Waals surface area (Å²) >= 11 is 0. The number of aliphatic hydroxyl groups is 1. The van der Waals surface area contributed by atoms with Gasteiger partial charge in [-0.15, -0.1) is 0 Å². The van der Waals surface area contributed by atoms with Gasteiger partial charge in [-0.1, -0.05) is 39.5 Å². The molecule has 0 aromatic carbocycles. The molecule has 2 rings (SSSR count). The van der Waals surface area contributed by atoms with E-state index in [1.807, 2.05) is 0 Å². The predicted molar refractivity (Wildman–Crippen MR) is 76.7 cm³/mol. The number of nitrogens with zero attached hydrogens (tertiary/aromatic N) is 1. The van der Waals surface area contributed by atoms with Crippen molar-refractivity contribution in [2.75, 3.05) is 19.6 Å². The maximum absolute atomic E-state index is 10.0. The Balaban J connectivity index is 1.76. The second-order valence-electron chi connectivity index (χ2n) is 6.78. The first-order valence-corrected chi connectivity index (χ1v) is 8.09. The van der Waals surface area contributed by atoms with Gasteiger partial charge in [-0.2, -0.15) is 0 Å². The second-order valence-corrected chi connectivity index (χ2v) is 6.78. The van der Waals surface area contributed by atoms with Crippen molar-refractivity contribution in [1.82, 2.24) is 4.90 Å². The molecule has 18 heavy (non-hydrogen) atoms. The Hall–Kier alpha value is -0.0800. The highest BCUT2D eigenvalue weighted by Gasteiger charge is 2.42. The first kappa shape index (κ1) is 14.3. The zero-order valence-corrected chi connectivity index (χ0v) is 12.3. The molecule has 0 spiro atoms. The van der Waals surface area contributed by atoms with Crippen molar-refractivity contribution in [3.05, 3.63) is 0 Å². The molecule has 2 aliphatic rings. The van der Waals surface area contributed by atoms with Crippen molar-refractivity contribution in [3.8, 4) is 0 Å². The summed E-state index contributed by atoms with van der Waals surface area (Å²) in [6, 6.07) is 0. The first-order chi connectivity index (χ1) is 8.69. The Morgan fingerprint density at radius 2 is 1.67 bits per heavy atom. The van der Waals surface area contributed by atoms with Gasteiger partial charge in [0.25, 0.3) is 0 Å². The van der Waals surface area contributed by atoms with Gasteiger partial charge in [-0.25, -0.2) is 0 Å². The van der Waals surface area contributed by atoms with Crippen LogP contribution in [0.3, 0.4) is 0 Å². The van der Waals surface area contributed by atoms with Crippen LogP contribution in [-0.2, 0) is 0 Å². The average molecular weight is 253 g/mol. The van der Waals surface area contributed by atoms with Crippen LogP contribution in [0, 0.1) is 11.3 Å². The van der Waals surface area contributed by atoms with Crippen LogP contribution in [0.15, 0.2) is 0 Å². The minimum Gasteiger partial charge on any atom is -0.393 e. The largest absolute Gasteiger partial charge is 0.393 e. The van der Waals surface area contributed by atoms with E-state index in [4.69, 9.17) is 0 Å². The standard InChI is InChI=1S/C16H31NO/c1-3-9-16(10-4-2)12-17(13-16)11-14-7-5-6-8-15(14)18/h14-15,18H,3-13H2,1-2H3. The molecule has 0 amide bonds. The summed E-state index contributed by atoms with van der Waals surface area (Å²) in [5.74, 6) is 0.556. The molecule has 0 bridgehead atoms. The van der Waals surface area contributed by atoms with Gasteiger partial charge in [0.05, 0.1) is 6.10 Å². The van der Waals surface area contributed by atoms with E-state index in [2.05, 4.69) is 18.7 Å². The third kappa shape index (κ3) is 3.27. The Bertz CT molecular complexity index is 239. The summed E-state index contributed by atoms with van der Waals surface area (Å²) in [4.78, 5) is 2.60. The van der Waals surface area contributed by atoms with Crippen LogP contribution >= 0.6 is 0 Å². The monoisotopic (exact) mass is 253 g/mol. The summed E-state index contributed by atoms with van der Waals surface area (Å²) in [5, 5.41) is 10.0. The van der Waals surface area contributed by atoms with Gasteiger partial charge >= 0.3 is 0 Å². The van der Waals surface area contributed by atoms with Gasteiger partial charge in [-0.3, -0.25) is 0 Å². The normalized spacial score (nSPS) is 32.2. The third-order valence-electron chi connectivity index (χ3n) is 5.04. The molecule has 0 aromatic rings. The molecule has 2 nitrogen and oxygen atoms in total. The fraction of sp³-hybridized carbons (Fsp3) is 1.00. The minimum absolute atomic E-state index is 0.0221. The molecule has 1 N–H and O–H groups in total. The SMILES string of the molecule is CCCC1(CCC)CN(CC2CCCCC2O)C1. The van der Waals surface area contributed by atoms with Gasteiger partial charge < -0.3 is 10.0 Å². The van der Waals surface area contributed by atoms with E-state index in [0.29, 0.717) is 11.3 Å². The zero-order valence-electron chi connectivity index (χ0n) is 12.3. The van der Waals surface area contributed by atoms with E-state index < -0.39 is 0 Å². The van der Waals surface area contributed by atoms with Crippen LogP contribution in [0.1, 0.15) is 65.2 Å². The molecule has 1 saturated carbocycles. The van der Waals surface area contributed by atoms with Crippen molar-refractivity contribution in [2.45, 2.75) is 71.3 Å². The number of rotatable bonds is 6. The lowest BCUT2D eigenvalue weighted by atomic mass is 9.72. The fourth-order valence-electron chi connectivity index (χ4n) is 4.27. The highest BCUT2D eigenvalue weighted by atomic mass is 16.3. The van der Waals surface area contributed by atoms with E-state index in [1.54, 1.807) is 0 Å². The lowest BCUT2D eigenvalue weighted by Gasteiger charge is -2.52. The Morgan fingerprint density at radius 1 is 1.06 bits per heavy atom. The molecule has 106 valence electrons. The molecular formula is C16H31NO. The number of hydrogen-bond donors (Lipinski definition) is 1. The molecule has 1 aliphatic carbocycles. The summed E-state index contributed by atoms with van der Waals surface area (Å²) in [5.41, 5.74) is 0.628. The Labute approximate surface area is 113 Å². The maximum atomic E-state index is 10.0. The smallest absolute Gasteiger partial charge is 0.0580 e. The van der Waals surface area contributed by atoms with E-state index >= 15 is 0 Å². The molecule has 0 aromatic heterocycles. The van der Waals surface area contributed by atoms with Crippen molar-refractivity contribution in [1.29, 1.82) is 0 Å². The van der Waals surface area contributed by atoms with Crippen LogP contribution in [0.4, 0.5) is 0 Å². The summed E-state index contributed by atoms with van der Waals surface area (Å²) < 4.78 is 0. The van der Waals surface area contributed by atoms with Crippen LogP contribution in [-0.4, -0.2) is 35.7 Å². The Kier molecular flexibility index (Phi) is 5.08. The molecular weight excluding hydrogens is 222 g/mol. The van der Waals surface area contributed by atoms with Gasteiger partial charge in [0.1, 0.15) is 0 Å². The Morgan fingerprint density at radius 3 is 2.22 bits per heavy atom. The fourth-order valence-corrected chi connectivity index (χ4v) is 4.27. The van der Waals surface area contributed by atoms with E-state index in [-0.39, 0.29) is 6.10 Å². The average Bonchev–Trinajstić information content (AvgIpc) is 2.30. The van der Waals surface area contributed by atoms with Crippen molar-refractivity contribution < 1.29 is 5.11 Å². The predicted octanol–water partition coefficient (Wildman–Crippen LogP) is 3.44. The molecule has 1 aliphatic heterocycles. The van der Waals surface area contributed by atoms with Crippen LogP contribution < -0.4 is 0 Å².